The molecule has 0 spiro atoms. The minimum atomic E-state index is -3.55. The summed E-state index contributed by atoms with van der Waals surface area (Å²) in [5, 5.41) is 6.36. The molecular weight excluding hydrogens is 519 g/mol. The van der Waals surface area contributed by atoms with Crippen molar-refractivity contribution >= 4 is 45.6 Å². The fourth-order valence-corrected chi connectivity index (χ4v) is 3.71. The van der Waals surface area contributed by atoms with Crippen molar-refractivity contribution < 1.29 is 17.9 Å². The third kappa shape index (κ3) is 6.47. The molecule has 10 heteroatoms. The molecule has 2 aromatic rings. The lowest BCUT2D eigenvalue weighted by Gasteiger charge is -2.16. The molecule has 0 bridgehead atoms. The van der Waals surface area contributed by atoms with E-state index in [9.17, 15) is 8.42 Å². The Kier molecular flexibility index (Phi) is 10.4. The lowest BCUT2D eigenvalue weighted by Crippen LogP contribution is -2.30. The van der Waals surface area contributed by atoms with Gasteiger partial charge in [0.05, 0.1) is 25.7 Å². The highest BCUT2D eigenvalue weighted by molar-refractivity contribution is 14.0. The molecule has 0 heterocycles. The normalized spacial score (nSPS) is 11.6. The van der Waals surface area contributed by atoms with Gasteiger partial charge in [-0.05, 0) is 30.7 Å². The second kappa shape index (κ2) is 12.0. The van der Waals surface area contributed by atoms with E-state index in [1.165, 1.54) is 18.4 Å². The van der Waals surface area contributed by atoms with Crippen LogP contribution in [0.3, 0.4) is 0 Å². The fraction of sp³-hybridized carbons (Fsp3) is 0.350. The first-order valence-electron chi connectivity index (χ1n) is 9.11. The van der Waals surface area contributed by atoms with Gasteiger partial charge in [0, 0.05) is 32.4 Å². The average molecular weight is 548 g/mol. The quantitative estimate of drug-likeness (QED) is 0.299. The van der Waals surface area contributed by atoms with Gasteiger partial charge in [-0.2, -0.15) is 0 Å². The number of aliphatic imine (C=N–C) groups is 1. The van der Waals surface area contributed by atoms with E-state index in [1.807, 2.05) is 13.0 Å². The number of hydrogen-bond acceptors (Lipinski definition) is 5. The van der Waals surface area contributed by atoms with E-state index in [0.717, 1.165) is 5.69 Å². The monoisotopic (exact) mass is 548 g/mol. The number of benzene rings is 2. The molecule has 2 rings (SSSR count). The Bertz CT molecular complexity index is 965. The molecule has 0 amide bonds. The molecule has 0 saturated heterocycles. The lowest BCUT2D eigenvalue weighted by molar-refractivity contribution is 0.355. The van der Waals surface area contributed by atoms with Gasteiger partial charge in [0.2, 0.25) is 10.0 Å². The lowest BCUT2D eigenvalue weighted by atomic mass is 10.2. The Hall–Kier alpha value is -2.05. The van der Waals surface area contributed by atoms with Gasteiger partial charge in [-0.25, -0.2) is 17.7 Å². The van der Waals surface area contributed by atoms with E-state index >= 15 is 0 Å². The second-order valence-corrected chi connectivity index (χ2v) is 8.41. The molecule has 166 valence electrons. The van der Waals surface area contributed by atoms with Crippen molar-refractivity contribution in [3.8, 4) is 11.5 Å². The Morgan fingerprint density at radius 1 is 1.07 bits per heavy atom. The number of guanidine groups is 1. The van der Waals surface area contributed by atoms with Gasteiger partial charge < -0.3 is 20.1 Å². The molecular formula is C20H29IN4O4S. The molecule has 0 aliphatic heterocycles. The summed E-state index contributed by atoms with van der Waals surface area (Å²) >= 11 is 0. The summed E-state index contributed by atoms with van der Waals surface area (Å²) in [5.41, 5.74) is 1.38. The van der Waals surface area contributed by atoms with Crippen LogP contribution in [0.5, 0.6) is 11.5 Å². The molecule has 0 aliphatic carbocycles. The summed E-state index contributed by atoms with van der Waals surface area (Å²) < 4.78 is 36.9. The number of ether oxygens (including phenoxy) is 2. The van der Waals surface area contributed by atoms with Gasteiger partial charge in [-0.1, -0.05) is 18.2 Å². The van der Waals surface area contributed by atoms with Crippen molar-refractivity contribution in [2.45, 2.75) is 18.4 Å². The Labute approximate surface area is 195 Å². The van der Waals surface area contributed by atoms with Crippen LogP contribution in [-0.4, -0.2) is 53.5 Å². The predicted octanol–water partition coefficient (Wildman–Crippen LogP) is 3.15. The van der Waals surface area contributed by atoms with Crippen LogP contribution in [0.2, 0.25) is 0 Å². The topological polar surface area (TPSA) is 92.3 Å². The molecule has 2 aromatic carbocycles. The van der Waals surface area contributed by atoms with Gasteiger partial charge in [0.15, 0.2) is 17.5 Å². The van der Waals surface area contributed by atoms with Crippen LogP contribution in [0, 0.1) is 0 Å². The van der Waals surface area contributed by atoms with Gasteiger partial charge in [0.1, 0.15) is 0 Å². The number of anilines is 1. The van der Waals surface area contributed by atoms with Gasteiger partial charge >= 0.3 is 0 Å². The molecule has 30 heavy (non-hydrogen) atoms. The molecule has 0 aromatic heterocycles. The van der Waals surface area contributed by atoms with Crippen molar-refractivity contribution in [3.05, 3.63) is 48.0 Å². The van der Waals surface area contributed by atoms with Crippen molar-refractivity contribution in [2.24, 2.45) is 4.99 Å². The zero-order valence-corrected chi connectivity index (χ0v) is 20.9. The van der Waals surface area contributed by atoms with Crippen LogP contribution in [-0.2, 0) is 16.6 Å². The van der Waals surface area contributed by atoms with E-state index in [1.54, 1.807) is 50.6 Å². The fourth-order valence-electron chi connectivity index (χ4n) is 2.60. The van der Waals surface area contributed by atoms with E-state index in [2.05, 4.69) is 15.6 Å². The largest absolute Gasteiger partial charge is 0.493 e. The Balaban J connectivity index is 0.00000450. The summed E-state index contributed by atoms with van der Waals surface area (Å²) in [6, 6.07) is 12.3. The summed E-state index contributed by atoms with van der Waals surface area (Å²) in [5.74, 6) is 1.75. The summed E-state index contributed by atoms with van der Waals surface area (Å²) in [6.45, 7) is 2.80. The number of halogens is 1. The summed E-state index contributed by atoms with van der Waals surface area (Å²) in [6.07, 6.45) is 0. The molecule has 0 fully saturated rings. The highest BCUT2D eigenvalue weighted by Crippen LogP contribution is 2.29. The minimum Gasteiger partial charge on any atom is -0.493 e. The standard InChI is InChI=1S/C20H28N4O4S.HI/c1-6-21-20(23-16-11-12-17(27-4)18(13-16)28-5)22-14-15-9-7-8-10-19(15)29(25,26)24(2)3;/h7-13H,6,14H2,1-5H3,(H2,21,22,23);1H. The maximum absolute atomic E-state index is 12.6. The van der Waals surface area contributed by atoms with Crippen molar-refractivity contribution in [3.63, 3.8) is 0 Å². The molecule has 0 radical (unpaired) electrons. The first-order valence-corrected chi connectivity index (χ1v) is 10.5. The Morgan fingerprint density at radius 3 is 2.33 bits per heavy atom. The highest BCUT2D eigenvalue weighted by atomic mass is 127. The van der Waals surface area contributed by atoms with Crippen LogP contribution in [0.4, 0.5) is 5.69 Å². The van der Waals surface area contributed by atoms with Gasteiger partial charge in [-0.3, -0.25) is 0 Å². The molecule has 0 atom stereocenters. The predicted molar refractivity (Wildman–Crippen MR) is 131 cm³/mol. The SMILES string of the molecule is CCNC(=NCc1ccccc1S(=O)(=O)N(C)C)Nc1ccc(OC)c(OC)c1.I. The zero-order chi connectivity index (χ0) is 21.4. The smallest absolute Gasteiger partial charge is 0.242 e. The number of hydrogen-bond donors (Lipinski definition) is 2. The third-order valence-electron chi connectivity index (χ3n) is 4.13. The zero-order valence-electron chi connectivity index (χ0n) is 17.8. The number of methoxy groups -OCH3 is 2. The number of nitrogens with zero attached hydrogens (tertiary/aromatic N) is 2. The number of nitrogens with one attached hydrogen (secondary N) is 2. The Morgan fingerprint density at radius 2 is 1.73 bits per heavy atom. The van der Waals surface area contributed by atoms with Gasteiger partial charge in [0.25, 0.3) is 0 Å². The van der Waals surface area contributed by atoms with E-state index in [0.29, 0.717) is 29.6 Å². The van der Waals surface area contributed by atoms with Crippen molar-refractivity contribution in [1.29, 1.82) is 0 Å². The molecule has 2 N–H and O–H groups in total. The molecule has 8 nitrogen and oxygen atoms in total. The van der Waals surface area contributed by atoms with Crippen LogP contribution < -0.4 is 20.1 Å². The summed E-state index contributed by atoms with van der Waals surface area (Å²) in [7, 11) is 2.62. The van der Waals surface area contributed by atoms with E-state index in [4.69, 9.17) is 9.47 Å². The molecule has 0 unspecified atom stereocenters. The van der Waals surface area contributed by atoms with Gasteiger partial charge in [-0.15, -0.1) is 24.0 Å². The number of rotatable bonds is 8. The average Bonchev–Trinajstić information content (AvgIpc) is 2.72. The first kappa shape index (κ1) is 26.0. The molecule has 0 saturated carbocycles. The number of sulfonamides is 1. The maximum Gasteiger partial charge on any atom is 0.242 e. The maximum atomic E-state index is 12.6. The summed E-state index contributed by atoms with van der Waals surface area (Å²) in [4.78, 5) is 4.80. The second-order valence-electron chi connectivity index (χ2n) is 6.29. The van der Waals surface area contributed by atoms with E-state index in [-0.39, 0.29) is 35.4 Å². The highest BCUT2D eigenvalue weighted by Gasteiger charge is 2.20. The van der Waals surface area contributed by atoms with Crippen molar-refractivity contribution in [1.82, 2.24) is 9.62 Å². The van der Waals surface area contributed by atoms with Crippen LogP contribution in [0.15, 0.2) is 52.4 Å². The van der Waals surface area contributed by atoms with Crippen LogP contribution in [0.1, 0.15) is 12.5 Å². The third-order valence-corrected chi connectivity index (χ3v) is 6.04. The van der Waals surface area contributed by atoms with Crippen molar-refractivity contribution in [2.75, 3.05) is 40.2 Å². The van der Waals surface area contributed by atoms with Crippen LogP contribution in [0.25, 0.3) is 0 Å². The van der Waals surface area contributed by atoms with Crippen LogP contribution >= 0.6 is 24.0 Å². The first-order chi connectivity index (χ1) is 13.8. The molecule has 0 aliphatic rings. The minimum absolute atomic E-state index is 0. The van der Waals surface area contributed by atoms with E-state index < -0.39 is 10.0 Å².